The third-order valence-electron chi connectivity index (χ3n) is 6.44. The SMILES string of the molecule is C=CC(=O)N1CCN(Cc2ccc([C@H](C)Nc3nccc(N4C(=O)OCC4[C@@H](C)O)n3)cc2)CC1. The number of nitrogens with one attached hydrogen (secondary N) is 1. The fraction of sp³-hybridized carbons (Fsp3) is 0.440. The number of amides is 2. The standard InChI is InChI=1S/C25H32N6O4/c1-4-23(33)30-13-11-29(12-14-30)15-19-5-7-20(8-6-19)17(2)27-24-26-10-9-22(28-24)31-21(18(3)32)16-35-25(31)34/h4-10,17-18,21,32H,1,11-16H2,2-3H3,(H,26,27,28)/t17-,18+,21?/m0/s1. The van der Waals surface area contributed by atoms with Crippen molar-refractivity contribution in [2.24, 2.45) is 0 Å². The monoisotopic (exact) mass is 480 g/mol. The van der Waals surface area contributed by atoms with E-state index < -0.39 is 18.2 Å². The first-order valence-corrected chi connectivity index (χ1v) is 11.8. The van der Waals surface area contributed by atoms with Crippen LogP contribution in [-0.2, 0) is 16.1 Å². The van der Waals surface area contributed by atoms with Gasteiger partial charge in [-0.3, -0.25) is 14.6 Å². The summed E-state index contributed by atoms with van der Waals surface area (Å²) >= 11 is 0. The zero-order chi connectivity index (χ0) is 24.9. The number of ether oxygens (including phenoxy) is 1. The van der Waals surface area contributed by atoms with Crippen LogP contribution in [0.1, 0.15) is 31.0 Å². The predicted molar refractivity (Wildman–Crippen MR) is 132 cm³/mol. The van der Waals surface area contributed by atoms with Crippen LogP contribution >= 0.6 is 0 Å². The Kier molecular flexibility index (Phi) is 7.62. The minimum absolute atomic E-state index is 0.00635. The fourth-order valence-corrected chi connectivity index (χ4v) is 4.31. The predicted octanol–water partition coefficient (Wildman–Crippen LogP) is 2.19. The van der Waals surface area contributed by atoms with Gasteiger partial charge in [-0.05, 0) is 37.1 Å². The van der Waals surface area contributed by atoms with Gasteiger partial charge in [0.2, 0.25) is 11.9 Å². The molecular weight excluding hydrogens is 448 g/mol. The molecule has 2 fully saturated rings. The maximum Gasteiger partial charge on any atom is 0.416 e. The van der Waals surface area contributed by atoms with Crippen molar-refractivity contribution in [2.75, 3.05) is 43.0 Å². The van der Waals surface area contributed by atoms with Crippen molar-refractivity contribution in [1.82, 2.24) is 19.8 Å². The van der Waals surface area contributed by atoms with Crippen LogP contribution in [0.5, 0.6) is 0 Å². The van der Waals surface area contributed by atoms with Crippen LogP contribution in [0.25, 0.3) is 0 Å². The van der Waals surface area contributed by atoms with Crippen molar-refractivity contribution in [3.05, 3.63) is 60.3 Å². The van der Waals surface area contributed by atoms with Crippen LogP contribution < -0.4 is 10.2 Å². The highest BCUT2D eigenvalue weighted by molar-refractivity contribution is 5.89. The van der Waals surface area contributed by atoms with Gasteiger partial charge in [0.25, 0.3) is 0 Å². The van der Waals surface area contributed by atoms with Crippen molar-refractivity contribution < 1.29 is 19.4 Å². The first-order chi connectivity index (χ1) is 16.9. The second kappa shape index (κ2) is 10.8. The van der Waals surface area contributed by atoms with Gasteiger partial charge < -0.3 is 20.1 Å². The molecule has 0 saturated carbocycles. The van der Waals surface area contributed by atoms with Gasteiger partial charge in [-0.1, -0.05) is 30.8 Å². The van der Waals surface area contributed by atoms with Crippen LogP contribution in [0.4, 0.5) is 16.6 Å². The molecule has 2 N–H and O–H groups in total. The number of carbonyl (C=O) groups is 2. The first-order valence-electron chi connectivity index (χ1n) is 11.8. The molecule has 3 heterocycles. The number of rotatable bonds is 8. The Balaban J connectivity index is 1.35. The Morgan fingerprint density at radius 2 is 1.94 bits per heavy atom. The minimum Gasteiger partial charge on any atom is -0.447 e. The van der Waals surface area contributed by atoms with E-state index >= 15 is 0 Å². The molecule has 1 aromatic carbocycles. The number of anilines is 2. The van der Waals surface area contributed by atoms with Crippen molar-refractivity contribution in [3.63, 3.8) is 0 Å². The number of cyclic esters (lactones) is 1. The molecule has 10 nitrogen and oxygen atoms in total. The second-order valence-electron chi connectivity index (χ2n) is 8.91. The highest BCUT2D eigenvalue weighted by Crippen LogP contribution is 2.25. The number of carbonyl (C=O) groups excluding carboxylic acids is 2. The highest BCUT2D eigenvalue weighted by atomic mass is 16.6. The van der Waals surface area contributed by atoms with Gasteiger partial charge in [0.1, 0.15) is 18.5 Å². The summed E-state index contributed by atoms with van der Waals surface area (Å²) in [6.07, 6.45) is 1.67. The summed E-state index contributed by atoms with van der Waals surface area (Å²) in [5.74, 6) is 0.761. The molecule has 2 aliphatic heterocycles. The lowest BCUT2D eigenvalue weighted by molar-refractivity contribution is -0.127. The van der Waals surface area contributed by atoms with E-state index in [1.807, 2.05) is 11.8 Å². The minimum atomic E-state index is -0.747. The maximum atomic E-state index is 12.2. The van der Waals surface area contributed by atoms with Crippen LogP contribution in [0, 0.1) is 0 Å². The van der Waals surface area contributed by atoms with Gasteiger partial charge in [-0.15, -0.1) is 0 Å². The number of nitrogens with zero attached hydrogens (tertiary/aromatic N) is 5. The summed E-state index contributed by atoms with van der Waals surface area (Å²) in [4.78, 5) is 38.2. The van der Waals surface area contributed by atoms with Crippen LogP contribution in [0.15, 0.2) is 49.2 Å². The quantitative estimate of drug-likeness (QED) is 0.553. The number of benzene rings is 1. The van der Waals surface area contributed by atoms with E-state index in [0.717, 1.165) is 38.3 Å². The number of aliphatic hydroxyl groups is 1. The molecule has 4 rings (SSSR count). The molecule has 2 saturated heterocycles. The number of piperazine rings is 1. The summed E-state index contributed by atoms with van der Waals surface area (Å²) < 4.78 is 5.09. The smallest absolute Gasteiger partial charge is 0.416 e. The molecule has 0 aliphatic carbocycles. The largest absolute Gasteiger partial charge is 0.447 e. The third kappa shape index (κ3) is 5.77. The summed E-state index contributed by atoms with van der Waals surface area (Å²) in [6.45, 7) is 11.3. The lowest BCUT2D eigenvalue weighted by Crippen LogP contribution is -2.47. The number of hydrogen-bond acceptors (Lipinski definition) is 8. The number of aromatic nitrogens is 2. The molecule has 0 radical (unpaired) electrons. The molecule has 35 heavy (non-hydrogen) atoms. The maximum absolute atomic E-state index is 12.2. The molecule has 0 bridgehead atoms. The summed E-state index contributed by atoms with van der Waals surface area (Å²) in [5.41, 5.74) is 2.28. The Morgan fingerprint density at radius 1 is 1.23 bits per heavy atom. The van der Waals surface area contributed by atoms with Crippen LogP contribution in [0.3, 0.4) is 0 Å². The van der Waals surface area contributed by atoms with E-state index in [-0.39, 0.29) is 18.6 Å². The molecule has 2 aromatic rings. The van der Waals surface area contributed by atoms with Crippen molar-refractivity contribution >= 4 is 23.8 Å². The Bertz CT molecular complexity index is 1050. The van der Waals surface area contributed by atoms with Gasteiger partial charge in [0, 0.05) is 38.9 Å². The average molecular weight is 481 g/mol. The Labute approximate surface area is 205 Å². The summed E-state index contributed by atoms with van der Waals surface area (Å²) in [6, 6.07) is 9.45. The lowest BCUT2D eigenvalue weighted by atomic mass is 10.1. The van der Waals surface area contributed by atoms with Gasteiger partial charge in [0.15, 0.2) is 0 Å². The Morgan fingerprint density at radius 3 is 2.60 bits per heavy atom. The first kappa shape index (κ1) is 24.6. The van der Waals surface area contributed by atoms with Gasteiger partial charge >= 0.3 is 6.09 Å². The van der Waals surface area contributed by atoms with E-state index in [0.29, 0.717) is 11.8 Å². The number of aliphatic hydroxyl groups excluding tert-OH is 1. The molecule has 2 amide bonds. The highest BCUT2D eigenvalue weighted by Gasteiger charge is 2.38. The lowest BCUT2D eigenvalue weighted by Gasteiger charge is -2.34. The zero-order valence-corrected chi connectivity index (χ0v) is 20.1. The zero-order valence-electron chi connectivity index (χ0n) is 20.1. The molecular formula is C25H32N6O4. The average Bonchev–Trinajstić information content (AvgIpc) is 3.26. The topological polar surface area (TPSA) is 111 Å². The van der Waals surface area contributed by atoms with Crippen molar-refractivity contribution in [3.8, 4) is 0 Å². The molecule has 1 unspecified atom stereocenters. The molecule has 0 spiro atoms. The summed E-state index contributed by atoms with van der Waals surface area (Å²) in [5, 5.41) is 13.3. The number of hydrogen-bond donors (Lipinski definition) is 2. The molecule has 10 heteroatoms. The van der Waals surface area contributed by atoms with Crippen molar-refractivity contribution in [1.29, 1.82) is 0 Å². The van der Waals surface area contributed by atoms with E-state index in [4.69, 9.17) is 4.74 Å². The Hall–Kier alpha value is -3.50. The van der Waals surface area contributed by atoms with E-state index in [9.17, 15) is 14.7 Å². The fourth-order valence-electron chi connectivity index (χ4n) is 4.31. The normalized spacial score (nSPS) is 20.3. The summed E-state index contributed by atoms with van der Waals surface area (Å²) in [7, 11) is 0. The van der Waals surface area contributed by atoms with E-state index in [1.54, 1.807) is 19.2 Å². The van der Waals surface area contributed by atoms with Gasteiger partial charge in [-0.25, -0.2) is 9.78 Å². The van der Waals surface area contributed by atoms with Crippen LogP contribution in [0.2, 0.25) is 0 Å². The van der Waals surface area contributed by atoms with Gasteiger partial charge in [-0.2, -0.15) is 4.98 Å². The van der Waals surface area contributed by atoms with E-state index in [1.165, 1.54) is 16.5 Å². The molecule has 2 aliphatic rings. The van der Waals surface area contributed by atoms with Crippen molar-refractivity contribution in [2.45, 2.75) is 38.6 Å². The van der Waals surface area contributed by atoms with E-state index in [2.05, 4.69) is 51.0 Å². The molecule has 1 aromatic heterocycles. The van der Waals surface area contributed by atoms with Gasteiger partial charge in [0.05, 0.1) is 12.1 Å². The second-order valence-corrected chi connectivity index (χ2v) is 8.91. The molecule has 3 atom stereocenters. The third-order valence-corrected chi connectivity index (χ3v) is 6.44. The van der Waals surface area contributed by atoms with Crippen LogP contribution in [-0.4, -0.2) is 81.8 Å². The molecule has 186 valence electrons.